The Morgan fingerprint density at radius 3 is 3.00 bits per heavy atom. The van der Waals surface area contributed by atoms with Crippen LogP contribution in [0.5, 0.6) is 0 Å². The first-order chi connectivity index (χ1) is 5.29. The summed E-state index contributed by atoms with van der Waals surface area (Å²) in [7, 11) is 2.03. The molecule has 0 aromatic heterocycles. The van der Waals surface area contributed by atoms with E-state index in [9.17, 15) is 4.79 Å². The van der Waals surface area contributed by atoms with E-state index in [0.29, 0.717) is 6.54 Å². The molecule has 1 heterocycles. The molecule has 1 aliphatic rings. The number of rotatable bonds is 0. The van der Waals surface area contributed by atoms with Crippen molar-refractivity contribution < 1.29 is 4.79 Å². The second-order valence-electron chi connectivity index (χ2n) is 2.78. The van der Waals surface area contributed by atoms with Gasteiger partial charge in [-0.15, -0.1) is 0 Å². The number of fused-ring (bicyclic) bond motifs is 1. The van der Waals surface area contributed by atoms with Crippen LogP contribution in [0, 0.1) is 0 Å². The molecular weight excluding hydrogens is 137 g/mol. The zero-order valence-electron chi connectivity index (χ0n) is 6.35. The van der Waals surface area contributed by atoms with Crippen molar-refractivity contribution in [1.82, 2.24) is 5.32 Å². The molecule has 0 unspecified atom stereocenters. The molecule has 1 aromatic carbocycles. The van der Waals surface area contributed by atoms with Gasteiger partial charge in [-0.05, 0) is 11.6 Å². The molecule has 0 aliphatic carbocycles. The largest absolute Gasteiger partial charge is 0.348 e. The van der Waals surface area contributed by atoms with Crippen LogP contribution >= 0.6 is 0 Å². The van der Waals surface area contributed by atoms with Gasteiger partial charge in [0.1, 0.15) is 7.85 Å². The number of amides is 1. The Hall–Kier alpha value is -1.25. The quantitative estimate of drug-likeness (QED) is 0.475. The molecule has 1 aliphatic heterocycles. The number of nitrogens with one attached hydrogen (secondary N) is 1. The second kappa shape index (κ2) is 2.12. The summed E-state index contributed by atoms with van der Waals surface area (Å²) in [6.45, 7) is 0.695. The predicted octanol–water partition coefficient (Wildman–Crippen LogP) is -0.812. The van der Waals surface area contributed by atoms with E-state index in [-0.39, 0.29) is 5.91 Å². The first-order valence-electron chi connectivity index (χ1n) is 3.66. The first-order valence-corrected chi connectivity index (χ1v) is 3.66. The number of benzene rings is 1. The lowest BCUT2D eigenvalue weighted by Crippen LogP contribution is -2.12. The monoisotopic (exact) mass is 145 g/mol. The highest BCUT2D eigenvalue weighted by Gasteiger charge is 2.18. The summed E-state index contributed by atoms with van der Waals surface area (Å²) in [6, 6.07) is 5.81. The second-order valence-corrected chi connectivity index (χ2v) is 2.78. The zero-order chi connectivity index (χ0) is 7.84. The highest BCUT2D eigenvalue weighted by Crippen LogP contribution is 2.11. The Morgan fingerprint density at radius 1 is 1.45 bits per heavy atom. The van der Waals surface area contributed by atoms with Gasteiger partial charge in [0, 0.05) is 12.1 Å². The van der Waals surface area contributed by atoms with Gasteiger partial charge in [0.2, 0.25) is 0 Å². The fourth-order valence-electron chi connectivity index (χ4n) is 1.41. The standard InChI is InChI=1S/C8H8BNO/c9-7-3-1-2-5-6(7)4-10-8(5)11/h1-3H,4,9H2,(H,10,11). The molecule has 0 spiro atoms. The van der Waals surface area contributed by atoms with E-state index in [1.54, 1.807) is 0 Å². The van der Waals surface area contributed by atoms with Crippen LogP contribution in [0.2, 0.25) is 0 Å². The lowest BCUT2D eigenvalue weighted by molar-refractivity contribution is 0.0966. The van der Waals surface area contributed by atoms with Crippen LogP contribution in [0.3, 0.4) is 0 Å². The summed E-state index contributed by atoms with van der Waals surface area (Å²) >= 11 is 0. The van der Waals surface area contributed by atoms with Crippen molar-refractivity contribution in [3.63, 3.8) is 0 Å². The molecular formula is C8H8BNO. The topological polar surface area (TPSA) is 29.1 Å². The van der Waals surface area contributed by atoms with Crippen molar-refractivity contribution >= 4 is 19.2 Å². The summed E-state index contributed by atoms with van der Waals surface area (Å²) < 4.78 is 0. The minimum Gasteiger partial charge on any atom is -0.348 e. The Bertz CT molecular complexity index is 322. The van der Waals surface area contributed by atoms with Crippen molar-refractivity contribution in [1.29, 1.82) is 0 Å². The summed E-state index contributed by atoms with van der Waals surface area (Å²) in [4.78, 5) is 11.1. The van der Waals surface area contributed by atoms with Gasteiger partial charge in [-0.25, -0.2) is 0 Å². The van der Waals surface area contributed by atoms with E-state index in [1.807, 2.05) is 26.0 Å². The van der Waals surface area contributed by atoms with Gasteiger partial charge in [0.25, 0.3) is 5.91 Å². The molecule has 0 fully saturated rings. The van der Waals surface area contributed by atoms with Gasteiger partial charge in [-0.2, -0.15) is 0 Å². The molecule has 1 amide bonds. The van der Waals surface area contributed by atoms with E-state index in [4.69, 9.17) is 0 Å². The van der Waals surface area contributed by atoms with E-state index < -0.39 is 0 Å². The van der Waals surface area contributed by atoms with Gasteiger partial charge < -0.3 is 5.32 Å². The molecule has 0 saturated heterocycles. The molecule has 0 radical (unpaired) electrons. The van der Waals surface area contributed by atoms with Gasteiger partial charge >= 0.3 is 0 Å². The molecule has 0 bridgehead atoms. The van der Waals surface area contributed by atoms with Crippen molar-refractivity contribution in [2.45, 2.75) is 6.54 Å². The minimum atomic E-state index is 0.0590. The van der Waals surface area contributed by atoms with Crippen molar-refractivity contribution in [3.8, 4) is 0 Å². The Kier molecular flexibility index (Phi) is 1.25. The fraction of sp³-hybridized carbons (Fsp3) is 0.125. The Balaban J connectivity index is 2.66. The van der Waals surface area contributed by atoms with Crippen LogP contribution < -0.4 is 10.8 Å². The Labute approximate surface area is 66.0 Å². The van der Waals surface area contributed by atoms with E-state index in [2.05, 4.69) is 5.32 Å². The van der Waals surface area contributed by atoms with Crippen LogP contribution in [-0.2, 0) is 6.54 Å². The SMILES string of the molecule is Bc1cccc2c1CNC2=O. The third-order valence-electron chi connectivity index (χ3n) is 2.08. The highest BCUT2D eigenvalue weighted by atomic mass is 16.1. The molecule has 0 saturated carbocycles. The maximum Gasteiger partial charge on any atom is 0.251 e. The van der Waals surface area contributed by atoms with Crippen LogP contribution in [0.25, 0.3) is 0 Å². The summed E-state index contributed by atoms with van der Waals surface area (Å²) in [5.41, 5.74) is 3.18. The summed E-state index contributed by atoms with van der Waals surface area (Å²) in [5, 5.41) is 2.79. The van der Waals surface area contributed by atoms with Crippen molar-refractivity contribution in [3.05, 3.63) is 29.3 Å². The maximum atomic E-state index is 11.1. The van der Waals surface area contributed by atoms with Crippen LogP contribution in [0.1, 0.15) is 15.9 Å². The molecule has 2 nitrogen and oxygen atoms in total. The molecule has 54 valence electrons. The van der Waals surface area contributed by atoms with Crippen LogP contribution in [0.15, 0.2) is 18.2 Å². The fourth-order valence-corrected chi connectivity index (χ4v) is 1.41. The number of hydrogen-bond donors (Lipinski definition) is 1. The number of hydrogen-bond acceptors (Lipinski definition) is 1. The van der Waals surface area contributed by atoms with Gasteiger partial charge in [-0.1, -0.05) is 17.6 Å². The van der Waals surface area contributed by atoms with Crippen LogP contribution in [-0.4, -0.2) is 13.8 Å². The van der Waals surface area contributed by atoms with Gasteiger partial charge in [0.05, 0.1) is 0 Å². The molecule has 3 heteroatoms. The van der Waals surface area contributed by atoms with E-state index >= 15 is 0 Å². The first kappa shape index (κ1) is 6.46. The smallest absolute Gasteiger partial charge is 0.251 e. The maximum absolute atomic E-state index is 11.1. The minimum absolute atomic E-state index is 0.0590. The van der Waals surface area contributed by atoms with Crippen LogP contribution in [0.4, 0.5) is 0 Å². The molecule has 11 heavy (non-hydrogen) atoms. The zero-order valence-corrected chi connectivity index (χ0v) is 6.35. The summed E-state index contributed by atoms with van der Waals surface area (Å²) in [6.07, 6.45) is 0. The van der Waals surface area contributed by atoms with Gasteiger partial charge in [-0.3, -0.25) is 4.79 Å². The number of carbonyl (C=O) groups excluding carboxylic acids is 1. The van der Waals surface area contributed by atoms with E-state index in [1.165, 1.54) is 5.46 Å². The number of carbonyl (C=O) groups is 1. The third-order valence-corrected chi connectivity index (χ3v) is 2.08. The molecule has 0 atom stereocenters. The average molecular weight is 145 g/mol. The third kappa shape index (κ3) is 0.844. The molecule has 1 N–H and O–H groups in total. The lowest BCUT2D eigenvalue weighted by atomic mass is 9.89. The van der Waals surface area contributed by atoms with Crippen molar-refractivity contribution in [2.75, 3.05) is 0 Å². The predicted molar refractivity (Wildman–Crippen MR) is 45.8 cm³/mol. The lowest BCUT2D eigenvalue weighted by Gasteiger charge is -1.98. The summed E-state index contributed by atoms with van der Waals surface area (Å²) in [5.74, 6) is 0.0590. The normalized spacial score (nSPS) is 14.4. The molecule has 1 aromatic rings. The molecule has 2 rings (SSSR count). The average Bonchev–Trinajstić information content (AvgIpc) is 2.35. The van der Waals surface area contributed by atoms with Crippen molar-refractivity contribution in [2.24, 2.45) is 0 Å². The highest BCUT2D eigenvalue weighted by molar-refractivity contribution is 6.34. The Morgan fingerprint density at radius 2 is 2.27 bits per heavy atom. The van der Waals surface area contributed by atoms with Gasteiger partial charge in [0.15, 0.2) is 0 Å². The van der Waals surface area contributed by atoms with E-state index in [0.717, 1.165) is 11.1 Å².